The van der Waals surface area contributed by atoms with Crippen molar-refractivity contribution in [2.45, 2.75) is 18.8 Å². The number of rotatable bonds is 4. The van der Waals surface area contributed by atoms with Crippen LogP contribution in [-0.4, -0.2) is 49.5 Å². The van der Waals surface area contributed by atoms with Crippen LogP contribution in [0.2, 0.25) is 0 Å². The fraction of sp³-hybridized carbons (Fsp3) is 0.533. The summed E-state index contributed by atoms with van der Waals surface area (Å²) in [6.07, 6.45) is 0. The van der Waals surface area contributed by atoms with Crippen molar-refractivity contribution in [1.82, 2.24) is 4.90 Å². The zero-order valence-corrected chi connectivity index (χ0v) is 12.8. The average molecular weight is 297 g/mol. The molecule has 1 fully saturated rings. The Morgan fingerprint density at radius 3 is 2.50 bits per heavy atom. The largest absolute Gasteiger partial charge is 0.378 e. The summed E-state index contributed by atoms with van der Waals surface area (Å²) < 4.78 is 5.35. The Kier molecular flexibility index (Phi) is 5.26. The number of hydrogen-bond acceptors (Lipinski definition) is 3. The lowest BCUT2D eigenvalue weighted by Gasteiger charge is -2.29. The van der Waals surface area contributed by atoms with Crippen LogP contribution >= 0.6 is 11.6 Å². The normalized spacial score (nSPS) is 16.9. The number of benzene rings is 1. The van der Waals surface area contributed by atoms with Gasteiger partial charge in [0.15, 0.2) is 0 Å². The van der Waals surface area contributed by atoms with Gasteiger partial charge in [-0.15, -0.1) is 11.6 Å². The second-order valence-corrected chi connectivity index (χ2v) is 5.73. The summed E-state index contributed by atoms with van der Waals surface area (Å²) in [7, 11) is 1.77. The number of alkyl halides is 1. The molecule has 0 N–H and O–H groups in total. The zero-order chi connectivity index (χ0) is 14.5. The number of morpholine rings is 1. The Balaban J connectivity index is 1.95. The summed E-state index contributed by atoms with van der Waals surface area (Å²) in [6, 6.07) is 8.33. The molecule has 110 valence electrons. The van der Waals surface area contributed by atoms with Crippen molar-refractivity contribution >= 4 is 23.2 Å². The van der Waals surface area contributed by atoms with Crippen LogP contribution in [0.1, 0.15) is 12.5 Å². The topological polar surface area (TPSA) is 32.8 Å². The maximum Gasteiger partial charge on any atom is 0.240 e. The molecule has 5 heteroatoms. The van der Waals surface area contributed by atoms with Gasteiger partial charge in [0.25, 0.3) is 0 Å². The fourth-order valence-electron chi connectivity index (χ4n) is 2.29. The third-order valence-electron chi connectivity index (χ3n) is 3.45. The number of anilines is 1. The average Bonchev–Trinajstić information content (AvgIpc) is 2.48. The summed E-state index contributed by atoms with van der Waals surface area (Å²) in [6.45, 7) is 5.71. The minimum atomic E-state index is -0.479. The second-order valence-electron chi connectivity index (χ2n) is 5.08. The molecule has 0 bridgehead atoms. The number of carbonyl (C=O) groups is 1. The van der Waals surface area contributed by atoms with E-state index in [9.17, 15) is 4.79 Å². The van der Waals surface area contributed by atoms with E-state index >= 15 is 0 Å². The lowest BCUT2D eigenvalue weighted by Crippen LogP contribution is -2.36. The van der Waals surface area contributed by atoms with Crippen LogP contribution in [0.15, 0.2) is 24.3 Å². The zero-order valence-electron chi connectivity index (χ0n) is 12.0. The van der Waals surface area contributed by atoms with Gasteiger partial charge >= 0.3 is 0 Å². The van der Waals surface area contributed by atoms with Gasteiger partial charge in [-0.1, -0.05) is 12.1 Å². The molecule has 1 aromatic carbocycles. The number of amides is 1. The maximum absolute atomic E-state index is 11.7. The molecule has 1 amide bonds. The van der Waals surface area contributed by atoms with Crippen molar-refractivity contribution in [2.24, 2.45) is 0 Å². The molecule has 0 aromatic heterocycles. The quantitative estimate of drug-likeness (QED) is 0.798. The molecule has 1 heterocycles. The highest BCUT2D eigenvalue weighted by Gasteiger charge is 2.15. The highest BCUT2D eigenvalue weighted by atomic mass is 35.5. The smallest absolute Gasteiger partial charge is 0.240 e. The van der Waals surface area contributed by atoms with Crippen LogP contribution in [0.25, 0.3) is 0 Å². The van der Waals surface area contributed by atoms with Crippen LogP contribution < -0.4 is 4.90 Å². The molecule has 0 spiro atoms. The summed E-state index contributed by atoms with van der Waals surface area (Å²) in [5, 5.41) is -0.479. The van der Waals surface area contributed by atoms with E-state index in [1.807, 2.05) is 0 Å². The summed E-state index contributed by atoms with van der Waals surface area (Å²) in [5.41, 5.74) is 2.31. The van der Waals surface area contributed by atoms with E-state index in [1.165, 1.54) is 5.69 Å². The van der Waals surface area contributed by atoms with Gasteiger partial charge in [-0.3, -0.25) is 4.79 Å². The number of nitrogens with zero attached hydrogens (tertiary/aromatic N) is 2. The van der Waals surface area contributed by atoms with Crippen LogP contribution in [0.3, 0.4) is 0 Å². The standard InChI is InChI=1S/C15H21ClN2O2/c1-12(16)15(19)17(2)11-13-3-5-14(6-4-13)18-7-9-20-10-8-18/h3-6,12H,7-11H2,1-2H3. The van der Waals surface area contributed by atoms with Gasteiger partial charge in [-0.05, 0) is 24.6 Å². The number of ether oxygens (including phenoxy) is 1. The van der Waals surface area contributed by atoms with E-state index < -0.39 is 5.38 Å². The first-order valence-corrected chi connectivity index (χ1v) is 7.32. The first-order valence-electron chi connectivity index (χ1n) is 6.88. The fourth-order valence-corrected chi connectivity index (χ4v) is 2.46. The summed E-state index contributed by atoms with van der Waals surface area (Å²) in [5.74, 6) is -0.0519. The van der Waals surface area contributed by atoms with Gasteiger partial charge in [0, 0.05) is 32.4 Å². The molecule has 1 unspecified atom stereocenters. The lowest BCUT2D eigenvalue weighted by molar-refractivity contribution is -0.129. The SMILES string of the molecule is CC(Cl)C(=O)N(C)Cc1ccc(N2CCOCC2)cc1. The Labute approximate surface area is 125 Å². The van der Waals surface area contributed by atoms with E-state index in [0.29, 0.717) is 6.54 Å². The molecule has 2 rings (SSSR count). The molecule has 20 heavy (non-hydrogen) atoms. The van der Waals surface area contributed by atoms with Crippen LogP contribution in [0.4, 0.5) is 5.69 Å². The van der Waals surface area contributed by atoms with Gasteiger partial charge in [0.2, 0.25) is 5.91 Å². The molecule has 1 aromatic rings. The van der Waals surface area contributed by atoms with Crippen molar-refractivity contribution in [1.29, 1.82) is 0 Å². The van der Waals surface area contributed by atoms with E-state index in [4.69, 9.17) is 16.3 Å². The van der Waals surface area contributed by atoms with Crippen LogP contribution in [-0.2, 0) is 16.1 Å². The third kappa shape index (κ3) is 3.87. The molecular weight excluding hydrogens is 276 g/mol. The summed E-state index contributed by atoms with van der Waals surface area (Å²) in [4.78, 5) is 15.7. The molecule has 1 saturated heterocycles. The molecule has 0 aliphatic carbocycles. The first-order chi connectivity index (χ1) is 9.58. The minimum absolute atomic E-state index is 0.0519. The predicted octanol–water partition coefficient (Wildman–Crippen LogP) is 2.11. The molecule has 0 radical (unpaired) electrons. The molecule has 1 aliphatic rings. The number of halogens is 1. The van der Waals surface area contributed by atoms with Crippen LogP contribution in [0.5, 0.6) is 0 Å². The van der Waals surface area contributed by atoms with E-state index in [1.54, 1.807) is 18.9 Å². The van der Waals surface area contributed by atoms with Gasteiger partial charge < -0.3 is 14.5 Å². The van der Waals surface area contributed by atoms with Gasteiger partial charge in [-0.25, -0.2) is 0 Å². The van der Waals surface area contributed by atoms with E-state index in [0.717, 1.165) is 31.9 Å². The highest BCUT2D eigenvalue weighted by molar-refractivity contribution is 6.30. The monoisotopic (exact) mass is 296 g/mol. The maximum atomic E-state index is 11.7. The van der Waals surface area contributed by atoms with Gasteiger partial charge in [-0.2, -0.15) is 0 Å². The van der Waals surface area contributed by atoms with E-state index in [2.05, 4.69) is 29.2 Å². The van der Waals surface area contributed by atoms with Gasteiger partial charge in [0.1, 0.15) is 5.38 Å². The predicted molar refractivity (Wildman–Crippen MR) is 81.3 cm³/mol. The molecule has 0 saturated carbocycles. The Bertz CT molecular complexity index is 442. The minimum Gasteiger partial charge on any atom is -0.378 e. The van der Waals surface area contributed by atoms with Crippen molar-refractivity contribution in [3.8, 4) is 0 Å². The number of carbonyl (C=O) groups excluding carboxylic acids is 1. The highest BCUT2D eigenvalue weighted by Crippen LogP contribution is 2.17. The molecule has 4 nitrogen and oxygen atoms in total. The second kappa shape index (κ2) is 6.95. The molecule has 1 aliphatic heterocycles. The Morgan fingerprint density at radius 2 is 1.95 bits per heavy atom. The molecule has 1 atom stereocenters. The van der Waals surface area contributed by atoms with E-state index in [-0.39, 0.29) is 5.91 Å². The summed E-state index contributed by atoms with van der Waals surface area (Å²) >= 11 is 5.81. The van der Waals surface area contributed by atoms with Crippen molar-refractivity contribution in [3.05, 3.63) is 29.8 Å². The van der Waals surface area contributed by atoms with Crippen molar-refractivity contribution in [3.63, 3.8) is 0 Å². The Morgan fingerprint density at radius 1 is 1.35 bits per heavy atom. The lowest BCUT2D eigenvalue weighted by atomic mass is 10.1. The van der Waals surface area contributed by atoms with Gasteiger partial charge in [0.05, 0.1) is 13.2 Å². The van der Waals surface area contributed by atoms with Crippen LogP contribution in [0, 0.1) is 0 Å². The third-order valence-corrected chi connectivity index (χ3v) is 3.64. The van der Waals surface area contributed by atoms with Crippen molar-refractivity contribution < 1.29 is 9.53 Å². The Hall–Kier alpha value is -1.26. The molecular formula is C15H21ClN2O2. The first kappa shape index (κ1) is 15.1. The number of hydrogen-bond donors (Lipinski definition) is 0. The van der Waals surface area contributed by atoms with Crippen molar-refractivity contribution in [2.75, 3.05) is 38.3 Å².